The van der Waals surface area contributed by atoms with Crippen LogP contribution in [0.2, 0.25) is 0 Å². The van der Waals surface area contributed by atoms with Gasteiger partial charge in [-0.3, -0.25) is 9.78 Å². The molecule has 0 spiro atoms. The van der Waals surface area contributed by atoms with Crippen molar-refractivity contribution in [2.75, 3.05) is 5.73 Å². The number of aromatic nitrogens is 2. The Morgan fingerprint density at radius 1 is 1.27 bits per heavy atom. The quantitative estimate of drug-likeness (QED) is 0.380. The molecule has 0 radical (unpaired) electrons. The molecule has 0 aliphatic heterocycles. The lowest BCUT2D eigenvalue weighted by molar-refractivity contribution is 0.921. The molecule has 0 atom stereocenters. The minimum Gasteiger partial charge on any atom is -0.393 e. The zero-order valence-electron chi connectivity index (χ0n) is 5.68. The molecule has 0 amide bonds. The second kappa shape index (κ2) is 2.59. The first-order valence-corrected chi connectivity index (χ1v) is 2.96. The lowest BCUT2D eigenvalue weighted by Gasteiger charge is -1.98. The van der Waals surface area contributed by atoms with E-state index in [-0.39, 0.29) is 17.9 Å². The van der Waals surface area contributed by atoms with Gasteiger partial charge in [0.15, 0.2) is 0 Å². The molecule has 6 heteroatoms. The van der Waals surface area contributed by atoms with Crippen molar-refractivity contribution in [2.45, 2.75) is 6.54 Å². The predicted molar refractivity (Wildman–Crippen MR) is 40.0 cm³/mol. The smallest absolute Gasteiger partial charge is 0.326 e. The standard InChI is InChI=1S/C5H8N4O2/c6-1-2-3(7)4(10)9-5(11)8-2/h1,6-7H2,(H2,8,9,10,11). The molecule has 1 rings (SSSR count). The van der Waals surface area contributed by atoms with E-state index in [1.54, 1.807) is 0 Å². The molecule has 0 bridgehead atoms. The van der Waals surface area contributed by atoms with Crippen LogP contribution in [0.25, 0.3) is 0 Å². The second-order valence-corrected chi connectivity index (χ2v) is 2.00. The number of nitrogens with two attached hydrogens (primary N) is 2. The number of rotatable bonds is 1. The zero-order valence-corrected chi connectivity index (χ0v) is 5.68. The third kappa shape index (κ3) is 1.30. The van der Waals surface area contributed by atoms with Gasteiger partial charge in [0, 0.05) is 6.54 Å². The summed E-state index contributed by atoms with van der Waals surface area (Å²) in [5.41, 5.74) is 9.49. The van der Waals surface area contributed by atoms with Crippen LogP contribution in [0.5, 0.6) is 0 Å². The molecule has 1 aromatic rings. The van der Waals surface area contributed by atoms with Crippen molar-refractivity contribution in [1.82, 2.24) is 9.97 Å². The maximum absolute atomic E-state index is 10.8. The Morgan fingerprint density at radius 3 is 2.45 bits per heavy atom. The molecule has 1 heterocycles. The molecule has 0 aliphatic carbocycles. The Kier molecular flexibility index (Phi) is 1.77. The minimum atomic E-state index is -0.603. The number of hydrogen-bond donors (Lipinski definition) is 4. The van der Waals surface area contributed by atoms with Crippen molar-refractivity contribution in [3.8, 4) is 0 Å². The van der Waals surface area contributed by atoms with Gasteiger partial charge in [-0.2, -0.15) is 0 Å². The van der Waals surface area contributed by atoms with Crippen LogP contribution in [-0.2, 0) is 6.54 Å². The van der Waals surface area contributed by atoms with Gasteiger partial charge in [-0.1, -0.05) is 0 Å². The molecule has 6 N–H and O–H groups in total. The monoisotopic (exact) mass is 156 g/mol. The van der Waals surface area contributed by atoms with Crippen LogP contribution in [0.1, 0.15) is 5.69 Å². The number of nitrogen functional groups attached to an aromatic ring is 1. The Bertz CT molecular complexity index is 363. The highest BCUT2D eigenvalue weighted by molar-refractivity contribution is 5.39. The van der Waals surface area contributed by atoms with Crippen molar-refractivity contribution >= 4 is 5.69 Å². The molecular formula is C5H8N4O2. The normalized spacial score (nSPS) is 9.91. The van der Waals surface area contributed by atoms with E-state index in [1.165, 1.54) is 0 Å². The Labute approximate surface area is 61.2 Å². The summed E-state index contributed by atoms with van der Waals surface area (Å²) in [5, 5.41) is 0. The average Bonchev–Trinajstić information content (AvgIpc) is 1.96. The molecular weight excluding hydrogens is 148 g/mol. The van der Waals surface area contributed by atoms with Gasteiger partial charge in [0.25, 0.3) is 5.56 Å². The van der Waals surface area contributed by atoms with E-state index in [0.717, 1.165) is 0 Å². The third-order valence-corrected chi connectivity index (χ3v) is 1.27. The summed E-state index contributed by atoms with van der Waals surface area (Å²) >= 11 is 0. The number of hydrogen-bond acceptors (Lipinski definition) is 4. The molecule has 11 heavy (non-hydrogen) atoms. The summed E-state index contributed by atoms with van der Waals surface area (Å²) in [7, 11) is 0. The summed E-state index contributed by atoms with van der Waals surface area (Å²) < 4.78 is 0. The van der Waals surface area contributed by atoms with Crippen LogP contribution in [0.15, 0.2) is 9.59 Å². The van der Waals surface area contributed by atoms with E-state index in [1.807, 2.05) is 4.98 Å². The molecule has 60 valence electrons. The molecule has 0 unspecified atom stereocenters. The van der Waals surface area contributed by atoms with Gasteiger partial charge in [0.05, 0.1) is 5.69 Å². The van der Waals surface area contributed by atoms with E-state index >= 15 is 0 Å². The molecule has 0 aromatic carbocycles. The predicted octanol–water partition coefficient (Wildman–Crippen LogP) is -1.90. The van der Waals surface area contributed by atoms with Crippen molar-refractivity contribution in [2.24, 2.45) is 5.73 Å². The molecule has 0 fully saturated rings. The van der Waals surface area contributed by atoms with Crippen molar-refractivity contribution < 1.29 is 0 Å². The van der Waals surface area contributed by atoms with Gasteiger partial charge >= 0.3 is 5.69 Å². The van der Waals surface area contributed by atoms with Gasteiger partial charge in [-0.25, -0.2) is 4.79 Å². The average molecular weight is 156 g/mol. The number of H-pyrrole nitrogens is 2. The molecule has 0 saturated carbocycles. The van der Waals surface area contributed by atoms with Crippen LogP contribution in [0.3, 0.4) is 0 Å². The molecule has 1 aromatic heterocycles. The highest BCUT2D eigenvalue weighted by atomic mass is 16.2. The topological polar surface area (TPSA) is 118 Å². The Morgan fingerprint density at radius 2 is 1.91 bits per heavy atom. The van der Waals surface area contributed by atoms with Gasteiger partial charge in [-0.15, -0.1) is 0 Å². The first-order chi connectivity index (χ1) is 5.15. The fourth-order valence-corrected chi connectivity index (χ4v) is 0.704. The fraction of sp³-hybridized carbons (Fsp3) is 0.200. The van der Waals surface area contributed by atoms with Gasteiger partial charge in [0.2, 0.25) is 0 Å². The van der Waals surface area contributed by atoms with Crippen LogP contribution < -0.4 is 22.7 Å². The van der Waals surface area contributed by atoms with Crippen LogP contribution >= 0.6 is 0 Å². The van der Waals surface area contributed by atoms with E-state index in [2.05, 4.69) is 4.98 Å². The summed E-state index contributed by atoms with van der Waals surface area (Å²) in [6.45, 7) is 0.0466. The third-order valence-electron chi connectivity index (χ3n) is 1.27. The first kappa shape index (κ1) is 7.55. The van der Waals surface area contributed by atoms with E-state index in [9.17, 15) is 9.59 Å². The summed E-state index contributed by atoms with van der Waals surface area (Å²) in [4.78, 5) is 25.6. The summed E-state index contributed by atoms with van der Waals surface area (Å²) in [5.74, 6) is 0. The molecule has 6 nitrogen and oxygen atoms in total. The van der Waals surface area contributed by atoms with Gasteiger partial charge in [-0.05, 0) is 0 Å². The maximum Gasteiger partial charge on any atom is 0.326 e. The number of aromatic amines is 2. The number of nitrogens with one attached hydrogen (secondary N) is 2. The second-order valence-electron chi connectivity index (χ2n) is 2.00. The summed E-state index contributed by atoms with van der Waals surface area (Å²) in [6, 6.07) is 0. The lowest BCUT2D eigenvalue weighted by Crippen LogP contribution is -2.28. The van der Waals surface area contributed by atoms with E-state index < -0.39 is 11.2 Å². The first-order valence-electron chi connectivity index (χ1n) is 2.96. The van der Waals surface area contributed by atoms with Crippen LogP contribution in [-0.4, -0.2) is 9.97 Å². The zero-order chi connectivity index (χ0) is 8.43. The van der Waals surface area contributed by atoms with Crippen molar-refractivity contribution in [3.05, 3.63) is 26.5 Å². The largest absolute Gasteiger partial charge is 0.393 e. The lowest BCUT2D eigenvalue weighted by atomic mass is 10.3. The summed E-state index contributed by atoms with van der Waals surface area (Å²) in [6.07, 6.45) is 0. The van der Waals surface area contributed by atoms with Crippen molar-refractivity contribution in [3.63, 3.8) is 0 Å². The Balaban J connectivity index is 3.49. The Hall–Kier alpha value is -1.56. The van der Waals surface area contributed by atoms with Crippen LogP contribution in [0, 0.1) is 0 Å². The van der Waals surface area contributed by atoms with Gasteiger partial charge < -0.3 is 16.5 Å². The van der Waals surface area contributed by atoms with E-state index in [0.29, 0.717) is 0 Å². The minimum absolute atomic E-state index is 0.0351. The van der Waals surface area contributed by atoms with E-state index in [4.69, 9.17) is 11.5 Å². The SMILES string of the molecule is NCc1[nH]c(=O)[nH]c(=O)c1N. The number of anilines is 1. The van der Waals surface area contributed by atoms with Gasteiger partial charge in [0.1, 0.15) is 5.69 Å². The highest BCUT2D eigenvalue weighted by Gasteiger charge is 2.01. The molecule has 0 aliphatic rings. The van der Waals surface area contributed by atoms with Crippen molar-refractivity contribution in [1.29, 1.82) is 0 Å². The van der Waals surface area contributed by atoms with Crippen LogP contribution in [0.4, 0.5) is 5.69 Å². The molecule has 0 saturated heterocycles. The highest BCUT2D eigenvalue weighted by Crippen LogP contribution is 1.94. The maximum atomic E-state index is 10.8. The fourth-order valence-electron chi connectivity index (χ4n) is 0.704.